The smallest absolute Gasteiger partial charge is 0.255 e. The third-order valence-electron chi connectivity index (χ3n) is 2.50. The van der Waals surface area contributed by atoms with Crippen molar-refractivity contribution in [2.75, 3.05) is 11.1 Å². The zero-order valence-corrected chi connectivity index (χ0v) is 12.2. The number of carbonyl (C=O) groups is 1. The highest BCUT2D eigenvalue weighted by Crippen LogP contribution is 2.30. The molecule has 0 aliphatic heterocycles. The van der Waals surface area contributed by atoms with Crippen molar-refractivity contribution in [3.8, 4) is 0 Å². The van der Waals surface area contributed by atoms with Crippen molar-refractivity contribution in [3.05, 3.63) is 56.8 Å². The van der Waals surface area contributed by atoms with Crippen LogP contribution in [0.2, 0.25) is 15.1 Å². The van der Waals surface area contributed by atoms with Crippen LogP contribution in [-0.2, 0) is 0 Å². The maximum atomic E-state index is 12.9. The SMILES string of the molecule is Nc1cc(C(=O)Nc2ccc(F)cc2Cl)cc(Cl)c1Cl. The van der Waals surface area contributed by atoms with E-state index in [1.807, 2.05) is 0 Å². The number of nitrogens with two attached hydrogens (primary N) is 1. The van der Waals surface area contributed by atoms with E-state index < -0.39 is 11.7 Å². The van der Waals surface area contributed by atoms with Crippen LogP contribution in [0.1, 0.15) is 10.4 Å². The van der Waals surface area contributed by atoms with Gasteiger partial charge in [0, 0.05) is 5.56 Å². The highest BCUT2D eigenvalue weighted by Gasteiger charge is 2.13. The Morgan fingerprint density at radius 1 is 1.10 bits per heavy atom. The Morgan fingerprint density at radius 3 is 2.40 bits per heavy atom. The van der Waals surface area contributed by atoms with Gasteiger partial charge in [-0.3, -0.25) is 4.79 Å². The fourth-order valence-corrected chi connectivity index (χ4v) is 2.08. The summed E-state index contributed by atoms with van der Waals surface area (Å²) < 4.78 is 12.9. The van der Waals surface area contributed by atoms with Crippen molar-refractivity contribution in [1.82, 2.24) is 0 Å². The van der Waals surface area contributed by atoms with E-state index in [0.717, 1.165) is 6.07 Å². The average molecular weight is 334 g/mol. The van der Waals surface area contributed by atoms with Crippen molar-refractivity contribution in [3.63, 3.8) is 0 Å². The molecule has 1 amide bonds. The number of anilines is 2. The van der Waals surface area contributed by atoms with Crippen molar-refractivity contribution in [1.29, 1.82) is 0 Å². The first-order chi connectivity index (χ1) is 9.38. The van der Waals surface area contributed by atoms with Gasteiger partial charge in [0.25, 0.3) is 5.91 Å². The standard InChI is InChI=1S/C13H8Cl3FN2O/c14-8-5-7(17)1-2-11(8)19-13(20)6-3-9(15)12(16)10(18)4-6/h1-5H,18H2,(H,19,20). The predicted molar refractivity (Wildman–Crippen MR) is 80.2 cm³/mol. The van der Waals surface area contributed by atoms with Gasteiger partial charge >= 0.3 is 0 Å². The quantitative estimate of drug-likeness (QED) is 0.788. The molecule has 0 aliphatic rings. The van der Waals surface area contributed by atoms with Crippen molar-refractivity contribution in [2.24, 2.45) is 0 Å². The first-order valence-electron chi connectivity index (χ1n) is 5.39. The minimum Gasteiger partial charge on any atom is -0.397 e. The van der Waals surface area contributed by atoms with Crippen LogP contribution in [0.5, 0.6) is 0 Å². The molecule has 0 unspecified atom stereocenters. The molecule has 20 heavy (non-hydrogen) atoms. The summed E-state index contributed by atoms with van der Waals surface area (Å²) in [7, 11) is 0. The van der Waals surface area contributed by atoms with Crippen LogP contribution in [-0.4, -0.2) is 5.91 Å². The number of benzene rings is 2. The lowest BCUT2D eigenvalue weighted by Gasteiger charge is -2.09. The molecule has 3 N–H and O–H groups in total. The van der Waals surface area contributed by atoms with Gasteiger partial charge in [-0.15, -0.1) is 0 Å². The topological polar surface area (TPSA) is 55.1 Å². The molecule has 0 heterocycles. The van der Waals surface area contributed by atoms with Gasteiger partial charge in [0.05, 0.1) is 26.4 Å². The van der Waals surface area contributed by atoms with Gasteiger partial charge < -0.3 is 11.1 Å². The third-order valence-corrected chi connectivity index (χ3v) is 3.63. The first kappa shape index (κ1) is 14.9. The molecule has 2 rings (SSSR count). The number of hydrogen-bond donors (Lipinski definition) is 2. The summed E-state index contributed by atoms with van der Waals surface area (Å²) in [5.74, 6) is -0.976. The molecular weight excluding hydrogens is 326 g/mol. The van der Waals surface area contributed by atoms with E-state index in [4.69, 9.17) is 40.5 Å². The van der Waals surface area contributed by atoms with Crippen LogP contribution < -0.4 is 11.1 Å². The van der Waals surface area contributed by atoms with Gasteiger partial charge in [-0.05, 0) is 30.3 Å². The normalized spacial score (nSPS) is 10.4. The molecule has 0 saturated carbocycles. The molecule has 104 valence electrons. The molecule has 0 aliphatic carbocycles. The zero-order chi connectivity index (χ0) is 14.9. The summed E-state index contributed by atoms with van der Waals surface area (Å²) in [4.78, 5) is 12.0. The second-order valence-electron chi connectivity index (χ2n) is 3.94. The van der Waals surface area contributed by atoms with Gasteiger partial charge in [0.2, 0.25) is 0 Å². The van der Waals surface area contributed by atoms with Crippen molar-refractivity contribution < 1.29 is 9.18 Å². The van der Waals surface area contributed by atoms with Gasteiger partial charge in [0.1, 0.15) is 5.82 Å². The van der Waals surface area contributed by atoms with Crippen LogP contribution in [0.25, 0.3) is 0 Å². The maximum absolute atomic E-state index is 12.9. The molecule has 0 atom stereocenters. The Balaban J connectivity index is 2.28. The summed E-state index contributed by atoms with van der Waals surface area (Å²) in [6, 6.07) is 6.41. The molecule has 0 aromatic heterocycles. The lowest BCUT2D eigenvalue weighted by Crippen LogP contribution is -2.12. The van der Waals surface area contributed by atoms with E-state index in [2.05, 4.69) is 5.32 Å². The number of nitrogen functional groups attached to an aromatic ring is 1. The largest absolute Gasteiger partial charge is 0.397 e. The summed E-state index contributed by atoms with van der Waals surface area (Å²) in [6.07, 6.45) is 0. The highest BCUT2D eigenvalue weighted by molar-refractivity contribution is 6.44. The molecule has 2 aromatic carbocycles. The second-order valence-corrected chi connectivity index (χ2v) is 5.13. The molecule has 2 aromatic rings. The molecular formula is C13H8Cl3FN2O. The maximum Gasteiger partial charge on any atom is 0.255 e. The summed E-state index contributed by atoms with van der Waals surface area (Å²) >= 11 is 17.5. The van der Waals surface area contributed by atoms with Crippen LogP contribution in [0, 0.1) is 5.82 Å². The van der Waals surface area contributed by atoms with Crippen LogP contribution in [0.4, 0.5) is 15.8 Å². The first-order valence-corrected chi connectivity index (χ1v) is 6.53. The second kappa shape index (κ2) is 5.87. The van der Waals surface area contributed by atoms with E-state index in [-0.39, 0.29) is 32.0 Å². The average Bonchev–Trinajstić information content (AvgIpc) is 2.38. The lowest BCUT2D eigenvalue weighted by molar-refractivity contribution is 0.102. The van der Waals surface area contributed by atoms with Crippen LogP contribution >= 0.6 is 34.8 Å². The minimum atomic E-state index is -0.494. The zero-order valence-electron chi connectivity index (χ0n) is 9.88. The summed E-state index contributed by atoms with van der Waals surface area (Å²) in [6.45, 7) is 0. The Bertz CT molecular complexity index is 668. The molecule has 0 radical (unpaired) electrons. The molecule has 7 heteroatoms. The fourth-order valence-electron chi connectivity index (χ4n) is 1.53. The number of carbonyl (C=O) groups excluding carboxylic acids is 1. The Morgan fingerprint density at radius 2 is 1.80 bits per heavy atom. The lowest BCUT2D eigenvalue weighted by atomic mass is 10.2. The molecule has 0 spiro atoms. The molecule has 3 nitrogen and oxygen atoms in total. The number of halogens is 4. The number of amides is 1. The van der Waals surface area contributed by atoms with E-state index in [1.54, 1.807) is 0 Å². The number of rotatable bonds is 2. The van der Waals surface area contributed by atoms with Crippen LogP contribution in [0.15, 0.2) is 30.3 Å². The summed E-state index contributed by atoms with van der Waals surface area (Å²) in [5.41, 5.74) is 6.32. The van der Waals surface area contributed by atoms with Gasteiger partial charge in [-0.1, -0.05) is 34.8 Å². The van der Waals surface area contributed by atoms with Crippen molar-refractivity contribution in [2.45, 2.75) is 0 Å². The Kier molecular flexibility index (Phi) is 4.38. The van der Waals surface area contributed by atoms with E-state index >= 15 is 0 Å². The van der Waals surface area contributed by atoms with Crippen LogP contribution in [0.3, 0.4) is 0 Å². The molecule has 0 fully saturated rings. The van der Waals surface area contributed by atoms with E-state index in [0.29, 0.717) is 0 Å². The molecule has 0 saturated heterocycles. The van der Waals surface area contributed by atoms with Crippen molar-refractivity contribution >= 4 is 52.1 Å². The Hall–Kier alpha value is -1.49. The fraction of sp³-hybridized carbons (Fsp3) is 0. The number of nitrogens with one attached hydrogen (secondary N) is 1. The number of hydrogen-bond acceptors (Lipinski definition) is 2. The third kappa shape index (κ3) is 3.15. The molecule has 0 bridgehead atoms. The predicted octanol–water partition coefficient (Wildman–Crippen LogP) is 4.62. The Labute approximate surface area is 129 Å². The summed E-state index contributed by atoms with van der Waals surface area (Å²) in [5, 5.41) is 2.97. The minimum absolute atomic E-state index is 0.0892. The highest BCUT2D eigenvalue weighted by atomic mass is 35.5. The van der Waals surface area contributed by atoms with E-state index in [1.165, 1.54) is 24.3 Å². The van der Waals surface area contributed by atoms with Gasteiger partial charge in [0.15, 0.2) is 0 Å². The monoisotopic (exact) mass is 332 g/mol. The van der Waals surface area contributed by atoms with Gasteiger partial charge in [-0.25, -0.2) is 4.39 Å². The van der Waals surface area contributed by atoms with E-state index in [9.17, 15) is 9.18 Å². The van der Waals surface area contributed by atoms with Gasteiger partial charge in [-0.2, -0.15) is 0 Å².